The number of aryl methyl sites for hydroxylation is 1. The number of nitrogens with zero attached hydrogens (tertiary/aromatic N) is 1. The quantitative estimate of drug-likeness (QED) is 0.572. The molecular formula is C10H11NO. The van der Waals surface area contributed by atoms with Crippen molar-refractivity contribution in [2.24, 2.45) is 5.16 Å². The van der Waals surface area contributed by atoms with Crippen LogP contribution in [-0.2, 0) is 11.4 Å². The maximum Gasteiger partial charge on any atom is 0.142 e. The summed E-state index contributed by atoms with van der Waals surface area (Å²) in [5, 5.41) is 3.93. The van der Waals surface area contributed by atoms with Gasteiger partial charge in [0.05, 0.1) is 5.71 Å². The van der Waals surface area contributed by atoms with Crippen LogP contribution in [-0.4, -0.2) is 5.71 Å². The van der Waals surface area contributed by atoms with E-state index in [9.17, 15) is 0 Å². The average molecular weight is 161 g/mol. The molecule has 0 bridgehead atoms. The smallest absolute Gasteiger partial charge is 0.142 e. The normalized spacial score (nSPS) is 14.7. The molecule has 0 amide bonds. The van der Waals surface area contributed by atoms with Crippen molar-refractivity contribution in [2.75, 3.05) is 0 Å². The summed E-state index contributed by atoms with van der Waals surface area (Å²) in [5.74, 6) is 0. The second-order valence-corrected chi connectivity index (χ2v) is 3.11. The van der Waals surface area contributed by atoms with Gasteiger partial charge in [0, 0.05) is 11.1 Å². The van der Waals surface area contributed by atoms with Crippen LogP contribution in [0.25, 0.3) is 0 Å². The summed E-state index contributed by atoms with van der Waals surface area (Å²) < 4.78 is 0. The number of hydrogen-bond acceptors (Lipinski definition) is 2. The first kappa shape index (κ1) is 7.35. The number of rotatable bonds is 0. The van der Waals surface area contributed by atoms with Gasteiger partial charge in [0.25, 0.3) is 0 Å². The highest BCUT2D eigenvalue weighted by atomic mass is 16.6. The van der Waals surface area contributed by atoms with Gasteiger partial charge in [-0.2, -0.15) is 0 Å². The molecule has 1 aromatic rings. The molecule has 2 rings (SSSR count). The van der Waals surface area contributed by atoms with Crippen LogP contribution in [0.5, 0.6) is 0 Å². The third-order valence-corrected chi connectivity index (χ3v) is 2.08. The van der Waals surface area contributed by atoms with E-state index < -0.39 is 0 Å². The molecule has 0 fully saturated rings. The van der Waals surface area contributed by atoms with Crippen molar-refractivity contribution in [3.63, 3.8) is 0 Å². The van der Waals surface area contributed by atoms with Gasteiger partial charge >= 0.3 is 0 Å². The fourth-order valence-electron chi connectivity index (χ4n) is 1.40. The Morgan fingerprint density at radius 2 is 2.17 bits per heavy atom. The Morgan fingerprint density at radius 3 is 3.00 bits per heavy atom. The van der Waals surface area contributed by atoms with E-state index >= 15 is 0 Å². The summed E-state index contributed by atoms with van der Waals surface area (Å²) >= 11 is 0. The average Bonchev–Trinajstić information content (AvgIpc) is 2.07. The van der Waals surface area contributed by atoms with Crippen LogP contribution in [0.3, 0.4) is 0 Å². The molecule has 0 aromatic heterocycles. The highest BCUT2D eigenvalue weighted by molar-refractivity contribution is 6.00. The van der Waals surface area contributed by atoms with Gasteiger partial charge in [0.2, 0.25) is 0 Å². The van der Waals surface area contributed by atoms with Gasteiger partial charge in [-0.1, -0.05) is 22.9 Å². The zero-order valence-corrected chi connectivity index (χ0v) is 7.29. The van der Waals surface area contributed by atoms with Crippen molar-refractivity contribution in [1.82, 2.24) is 0 Å². The maximum atomic E-state index is 5.04. The second-order valence-electron chi connectivity index (χ2n) is 3.11. The lowest BCUT2D eigenvalue weighted by Gasteiger charge is -2.14. The second kappa shape index (κ2) is 2.63. The molecule has 0 radical (unpaired) electrons. The fourth-order valence-corrected chi connectivity index (χ4v) is 1.40. The van der Waals surface area contributed by atoms with Gasteiger partial charge in [-0.05, 0) is 19.9 Å². The third kappa shape index (κ3) is 1.09. The highest BCUT2D eigenvalue weighted by Crippen LogP contribution is 2.17. The van der Waals surface area contributed by atoms with Crippen molar-refractivity contribution in [3.8, 4) is 0 Å². The molecule has 2 heteroatoms. The van der Waals surface area contributed by atoms with Crippen LogP contribution in [0.15, 0.2) is 23.4 Å². The Bertz CT molecular complexity index is 342. The van der Waals surface area contributed by atoms with Crippen LogP contribution in [0, 0.1) is 6.92 Å². The third-order valence-electron chi connectivity index (χ3n) is 2.08. The molecule has 12 heavy (non-hydrogen) atoms. The van der Waals surface area contributed by atoms with E-state index in [-0.39, 0.29) is 0 Å². The molecule has 0 spiro atoms. The summed E-state index contributed by atoms with van der Waals surface area (Å²) in [7, 11) is 0. The van der Waals surface area contributed by atoms with E-state index in [4.69, 9.17) is 4.84 Å². The topological polar surface area (TPSA) is 21.6 Å². The van der Waals surface area contributed by atoms with Gasteiger partial charge in [-0.25, -0.2) is 0 Å². The fraction of sp³-hybridized carbons (Fsp3) is 0.300. The molecular weight excluding hydrogens is 150 g/mol. The van der Waals surface area contributed by atoms with Crippen LogP contribution < -0.4 is 0 Å². The van der Waals surface area contributed by atoms with Crippen molar-refractivity contribution < 1.29 is 4.84 Å². The Morgan fingerprint density at radius 1 is 1.33 bits per heavy atom. The summed E-state index contributed by atoms with van der Waals surface area (Å²) in [6.45, 7) is 4.66. The zero-order valence-electron chi connectivity index (χ0n) is 7.29. The van der Waals surface area contributed by atoms with Crippen molar-refractivity contribution in [2.45, 2.75) is 20.5 Å². The standard InChI is InChI=1S/C10H11NO/c1-7-3-4-9-6-12-11-8(2)10(9)5-7/h3-5H,6H2,1-2H3. The van der Waals surface area contributed by atoms with E-state index in [1.54, 1.807) is 0 Å². The summed E-state index contributed by atoms with van der Waals surface area (Å²) in [6, 6.07) is 6.35. The molecule has 0 atom stereocenters. The van der Waals surface area contributed by atoms with Crippen LogP contribution >= 0.6 is 0 Å². The van der Waals surface area contributed by atoms with Gasteiger partial charge < -0.3 is 4.84 Å². The zero-order chi connectivity index (χ0) is 8.55. The minimum atomic E-state index is 0.604. The van der Waals surface area contributed by atoms with E-state index in [2.05, 4.69) is 30.3 Å². The first-order valence-corrected chi connectivity index (χ1v) is 4.04. The molecule has 1 aromatic carbocycles. The molecule has 1 aliphatic heterocycles. The molecule has 2 nitrogen and oxygen atoms in total. The molecule has 0 unspecified atom stereocenters. The minimum Gasteiger partial charge on any atom is -0.391 e. The number of fused-ring (bicyclic) bond motifs is 1. The molecule has 1 aliphatic rings. The minimum absolute atomic E-state index is 0.604. The lowest BCUT2D eigenvalue weighted by atomic mass is 10.0. The Balaban J connectivity index is 2.58. The van der Waals surface area contributed by atoms with Gasteiger partial charge in [-0.15, -0.1) is 0 Å². The molecule has 0 saturated heterocycles. The van der Waals surface area contributed by atoms with Crippen LogP contribution in [0.1, 0.15) is 23.6 Å². The largest absolute Gasteiger partial charge is 0.391 e. The van der Waals surface area contributed by atoms with Crippen molar-refractivity contribution in [1.29, 1.82) is 0 Å². The van der Waals surface area contributed by atoms with Crippen LogP contribution in [0.4, 0.5) is 0 Å². The predicted molar refractivity (Wildman–Crippen MR) is 48.2 cm³/mol. The first-order valence-electron chi connectivity index (χ1n) is 4.04. The van der Waals surface area contributed by atoms with Gasteiger partial charge in [0.15, 0.2) is 0 Å². The van der Waals surface area contributed by atoms with Crippen molar-refractivity contribution >= 4 is 5.71 Å². The number of benzene rings is 1. The molecule has 0 aliphatic carbocycles. The molecule has 0 N–H and O–H groups in total. The summed E-state index contributed by atoms with van der Waals surface area (Å²) in [6.07, 6.45) is 0. The number of oxime groups is 1. The summed E-state index contributed by atoms with van der Waals surface area (Å²) in [5.41, 5.74) is 4.69. The van der Waals surface area contributed by atoms with E-state index in [1.807, 2.05) is 6.92 Å². The Kier molecular flexibility index (Phi) is 1.61. The van der Waals surface area contributed by atoms with Gasteiger partial charge in [0.1, 0.15) is 6.61 Å². The molecule has 1 heterocycles. The predicted octanol–water partition coefficient (Wildman–Crippen LogP) is 2.25. The Hall–Kier alpha value is -1.31. The maximum absolute atomic E-state index is 5.04. The van der Waals surface area contributed by atoms with E-state index in [0.717, 1.165) is 5.71 Å². The van der Waals surface area contributed by atoms with E-state index in [1.165, 1.54) is 16.7 Å². The summed E-state index contributed by atoms with van der Waals surface area (Å²) in [4.78, 5) is 5.04. The number of hydrogen-bond donors (Lipinski definition) is 0. The van der Waals surface area contributed by atoms with Crippen molar-refractivity contribution in [3.05, 3.63) is 34.9 Å². The highest BCUT2D eigenvalue weighted by Gasteiger charge is 2.10. The molecule has 0 saturated carbocycles. The molecule has 62 valence electrons. The van der Waals surface area contributed by atoms with Crippen LogP contribution in [0.2, 0.25) is 0 Å². The van der Waals surface area contributed by atoms with Gasteiger partial charge in [-0.3, -0.25) is 0 Å². The lowest BCUT2D eigenvalue weighted by molar-refractivity contribution is 0.126. The monoisotopic (exact) mass is 161 g/mol. The van der Waals surface area contributed by atoms with E-state index in [0.29, 0.717) is 6.61 Å². The lowest BCUT2D eigenvalue weighted by Crippen LogP contribution is -2.08. The SMILES string of the molecule is CC1=NOCc2ccc(C)cc21. The Labute approximate surface area is 71.8 Å². The first-order chi connectivity index (χ1) is 5.77.